The number of benzene rings is 2. The average molecular weight is 420 g/mol. The quantitative estimate of drug-likeness (QED) is 0.724. The summed E-state index contributed by atoms with van der Waals surface area (Å²) in [5.41, 5.74) is 3.05. The number of urea groups is 1. The van der Waals surface area contributed by atoms with Gasteiger partial charge in [0.15, 0.2) is 0 Å². The summed E-state index contributed by atoms with van der Waals surface area (Å²) in [6.07, 6.45) is 2.85. The smallest absolute Gasteiger partial charge is 0.325 e. The first kappa shape index (κ1) is 21.1. The molecular weight excluding hydrogens is 390 g/mol. The van der Waals surface area contributed by atoms with Crippen molar-refractivity contribution in [3.8, 4) is 0 Å². The van der Waals surface area contributed by atoms with E-state index >= 15 is 0 Å². The number of hydrogen-bond donors (Lipinski definition) is 2. The van der Waals surface area contributed by atoms with Crippen LogP contribution in [0.2, 0.25) is 0 Å². The molecule has 6 nitrogen and oxygen atoms in total. The topological polar surface area (TPSA) is 78.5 Å². The van der Waals surface area contributed by atoms with Gasteiger partial charge in [-0.25, -0.2) is 4.79 Å². The number of aryl methyl sites for hydroxylation is 1. The lowest BCUT2D eigenvalue weighted by Crippen LogP contribution is -2.44. The van der Waals surface area contributed by atoms with Crippen molar-refractivity contribution in [1.82, 2.24) is 15.5 Å². The minimum atomic E-state index is -1.18. The van der Waals surface area contributed by atoms with Gasteiger partial charge in [-0.3, -0.25) is 14.5 Å². The van der Waals surface area contributed by atoms with Crippen molar-refractivity contribution >= 4 is 17.8 Å². The first-order chi connectivity index (χ1) is 14.8. The molecule has 1 fully saturated rings. The fraction of sp³-hybridized carbons (Fsp3) is 0.400. The van der Waals surface area contributed by atoms with Crippen LogP contribution in [0.1, 0.15) is 67.8 Å². The molecule has 0 bridgehead atoms. The van der Waals surface area contributed by atoms with Gasteiger partial charge < -0.3 is 10.6 Å². The maximum absolute atomic E-state index is 13.1. The molecule has 0 radical (unpaired) electrons. The van der Waals surface area contributed by atoms with E-state index in [1.165, 1.54) is 5.56 Å². The summed E-state index contributed by atoms with van der Waals surface area (Å²) in [6.45, 7) is 5.60. The van der Waals surface area contributed by atoms with E-state index in [0.717, 1.165) is 35.3 Å². The van der Waals surface area contributed by atoms with Crippen LogP contribution in [0.15, 0.2) is 48.5 Å². The van der Waals surface area contributed by atoms with Gasteiger partial charge in [0.05, 0.1) is 6.04 Å². The predicted molar refractivity (Wildman–Crippen MR) is 118 cm³/mol. The molecule has 2 aromatic rings. The lowest BCUT2D eigenvalue weighted by molar-refractivity contribution is -0.135. The van der Waals surface area contributed by atoms with Crippen LogP contribution in [0, 0.1) is 0 Å². The Morgan fingerprint density at radius 3 is 2.58 bits per heavy atom. The second-order valence-electron chi connectivity index (χ2n) is 8.93. The zero-order chi connectivity index (χ0) is 22.2. The molecule has 0 unspecified atom stereocenters. The van der Waals surface area contributed by atoms with E-state index in [1.54, 1.807) is 6.92 Å². The van der Waals surface area contributed by atoms with Gasteiger partial charge in [-0.05, 0) is 54.4 Å². The van der Waals surface area contributed by atoms with Crippen LogP contribution < -0.4 is 10.6 Å². The van der Waals surface area contributed by atoms with Gasteiger partial charge in [-0.15, -0.1) is 0 Å². The van der Waals surface area contributed by atoms with Crippen molar-refractivity contribution in [2.45, 2.75) is 57.5 Å². The lowest BCUT2D eigenvalue weighted by Gasteiger charge is -2.27. The summed E-state index contributed by atoms with van der Waals surface area (Å²) >= 11 is 0. The lowest BCUT2D eigenvalue weighted by atomic mass is 9.88. The number of fused-ring (bicyclic) bond motifs is 1. The zero-order valence-electron chi connectivity index (χ0n) is 18.3. The van der Waals surface area contributed by atoms with Crippen LogP contribution in [0.25, 0.3) is 0 Å². The summed E-state index contributed by atoms with van der Waals surface area (Å²) in [4.78, 5) is 39.5. The Balaban J connectivity index is 1.46. The average Bonchev–Trinajstić information content (AvgIpc) is 2.98. The van der Waals surface area contributed by atoms with Crippen molar-refractivity contribution in [2.75, 3.05) is 6.54 Å². The Kier molecular flexibility index (Phi) is 5.56. The Labute approximate surface area is 183 Å². The molecule has 0 aromatic heterocycles. The summed E-state index contributed by atoms with van der Waals surface area (Å²) in [6, 6.07) is 15.1. The van der Waals surface area contributed by atoms with Crippen LogP contribution in [0.3, 0.4) is 0 Å². The van der Waals surface area contributed by atoms with Crippen LogP contribution >= 0.6 is 0 Å². The maximum atomic E-state index is 13.1. The number of carbonyl (C=O) groups excluding carboxylic acids is 3. The molecule has 1 aliphatic heterocycles. The molecule has 2 aliphatic rings. The number of amides is 4. The fourth-order valence-corrected chi connectivity index (χ4v) is 4.53. The molecule has 1 heterocycles. The van der Waals surface area contributed by atoms with E-state index in [0.29, 0.717) is 11.5 Å². The number of nitrogens with zero attached hydrogens (tertiary/aromatic N) is 1. The molecule has 2 N–H and O–H groups in total. The third kappa shape index (κ3) is 3.94. The van der Waals surface area contributed by atoms with E-state index in [4.69, 9.17) is 0 Å². The second kappa shape index (κ2) is 8.17. The Bertz CT molecular complexity index is 1010. The summed E-state index contributed by atoms with van der Waals surface area (Å²) < 4.78 is 0. The van der Waals surface area contributed by atoms with Crippen molar-refractivity contribution in [3.05, 3.63) is 70.8 Å². The second-order valence-corrected chi connectivity index (χ2v) is 8.93. The zero-order valence-corrected chi connectivity index (χ0v) is 18.3. The predicted octanol–water partition coefficient (Wildman–Crippen LogP) is 3.77. The van der Waals surface area contributed by atoms with E-state index in [2.05, 4.69) is 30.5 Å². The number of hydrogen-bond acceptors (Lipinski definition) is 3. The highest BCUT2D eigenvalue weighted by atomic mass is 16.2. The molecule has 2 aromatic carbocycles. The van der Waals surface area contributed by atoms with Crippen LogP contribution in [0.5, 0.6) is 0 Å². The van der Waals surface area contributed by atoms with E-state index in [9.17, 15) is 14.4 Å². The third-order valence-electron chi connectivity index (χ3n) is 6.44. The van der Waals surface area contributed by atoms with Gasteiger partial charge in [0, 0.05) is 0 Å². The van der Waals surface area contributed by atoms with E-state index in [1.807, 2.05) is 42.5 Å². The molecule has 31 heavy (non-hydrogen) atoms. The summed E-state index contributed by atoms with van der Waals surface area (Å²) in [5.74, 6) is -0.362. The van der Waals surface area contributed by atoms with Crippen molar-refractivity contribution < 1.29 is 14.4 Å². The molecule has 1 aliphatic carbocycles. The Hall–Kier alpha value is -3.15. The van der Waals surface area contributed by atoms with Crippen LogP contribution in [-0.4, -0.2) is 29.3 Å². The first-order valence-electron chi connectivity index (χ1n) is 10.9. The highest BCUT2D eigenvalue weighted by Gasteiger charge is 2.49. The molecule has 4 amide bonds. The standard InChI is InChI=1S/C25H29N3O3/c1-16(2)17-11-13-19(14-12-17)25(3)23(30)28(24(31)27-25)15-22(29)26-21-10-6-8-18-7-4-5-9-20(18)21/h4-5,7,9,11-14,16,21H,6,8,10,15H2,1-3H3,(H,26,29)(H,27,31)/t21-,25+/m0/s1. The molecule has 0 spiro atoms. The monoisotopic (exact) mass is 419 g/mol. The maximum Gasteiger partial charge on any atom is 0.325 e. The molecule has 4 rings (SSSR count). The SMILES string of the molecule is CC(C)c1ccc([C@@]2(C)NC(=O)N(CC(=O)N[C@H]3CCCc4ccccc43)C2=O)cc1. The molecule has 1 saturated heterocycles. The normalized spacial score (nSPS) is 23.0. The molecular formula is C25H29N3O3. The number of carbonyl (C=O) groups is 3. The number of nitrogens with one attached hydrogen (secondary N) is 2. The van der Waals surface area contributed by atoms with Crippen molar-refractivity contribution in [1.29, 1.82) is 0 Å². The van der Waals surface area contributed by atoms with Gasteiger partial charge in [0.2, 0.25) is 5.91 Å². The van der Waals surface area contributed by atoms with Gasteiger partial charge in [0.25, 0.3) is 5.91 Å². The van der Waals surface area contributed by atoms with Crippen LogP contribution in [-0.2, 0) is 21.5 Å². The van der Waals surface area contributed by atoms with E-state index in [-0.39, 0.29) is 18.5 Å². The number of imide groups is 1. The minimum absolute atomic E-state index is 0.0897. The summed E-state index contributed by atoms with van der Waals surface area (Å²) in [5, 5.41) is 5.79. The van der Waals surface area contributed by atoms with Crippen molar-refractivity contribution in [3.63, 3.8) is 0 Å². The Morgan fingerprint density at radius 2 is 1.87 bits per heavy atom. The summed E-state index contributed by atoms with van der Waals surface area (Å²) in [7, 11) is 0. The third-order valence-corrected chi connectivity index (χ3v) is 6.44. The van der Waals surface area contributed by atoms with E-state index < -0.39 is 17.5 Å². The first-order valence-corrected chi connectivity index (χ1v) is 10.9. The highest BCUT2D eigenvalue weighted by Crippen LogP contribution is 2.31. The van der Waals surface area contributed by atoms with Crippen LogP contribution in [0.4, 0.5) is 4.79 Å². The molecule has 6 heteroatoms. The minimum Gasteiger partial charge on any atom is -0.348 e. The molecule has 2 atom stereocenters. The van der Waals surface area contributed by atoms with Gasteiger partial charge in [-0.2, -0.15) is 0 Å². The van der Waals surface area contributed by atoms with Gasteiger partial charge in [0.1, 0.15) is 12.1 Å². The van der Waals surface area contributed by atoms with Gasteiger partial charge in [-0.1, -0.05) is 62.4 Å². The molecule has 162 valence electrons. The largest absolute Gasteiger partial charge is 0.348 e. The molecule has 0 saturated carbocycles. The number of rotatable bonds is 5. The van der Waals surface area contributed by atoms with Gasteiger partial charge >= 0.3 is 6.03 Å². The highest BCUT2D eigenvalue weighted by molar-refractivity contribution is 6.09. The van der Waals surface area contributed by atoms with Crippen molar-refractivity contribution in [2.24, 2.45) is 0 Å². The Morgan fingerprint density at radius 1 is 1.16 bits per heavy atom. The fourth-order valence-electron chi connectivity index (χ4n) is 4.53.